The Morgan fingerprint density at radius 3 is 2.46 bits per heavy atom. The maximum Gasteiger partial charge on any atom is 0.235 e. The number of piperazine rings is 1. The summed E-state index contributed by atoms with van der Waals surface area (Å²) in [6, 6.07) is 15.1. The lowest BCUT2D eigenvalue weighted by atomic mass is 9.93. The number of fused-ring (bicyclic) bond motifs is 2. The highest BCUT2D eigenvalue weighted by molar-refractivity contribution is 6.02. The van der Waals surface area contributed by atoms with Crippen LogP contribution < -0.4 is 25.8 Å². The fraction of sp³-hybridized carbons (Fsp3) is 0.472. The number of hydrogen-bond donors (Lipinski definition) is 3. The SMILES string of the molecule is Cn1nc(C2CCC(=O)NC2=O)c2ccc(N3CCN(CC4CCN(c5ccc(Nc6ncc7c(n6)CNCC7)cc5)CC4)CC3)cc21. The highest BCUT2D eigenvalue weighted by atomic mass is 16.2. The van der Waals surface area contributed by atoms with Gasteiger partial charge in [-0.25, -0.2) is 9.97 Å². The molecule has 12 nitrogen and oxygen atoms in total. The molecule has 0 radical (unpaired) electrons. The van der Waals surface area contributed by atoms with Gasteiger partial charge in [0.15, 0.2) is 0 Å². The second-order valence-electron chi connectivity index (χ2n) is 13.7. The van der Waals surface area contributed by atoms with Crippen LogP contribution in [0, 0.1) is 5.92 Å². The molecule has 2 amide bonds. The number of rotatable bonds is 7. The van der Waals surface area contributed by atoms with E-state index in [1.165, 1.54) is 29.8 Å². The van der Waals surface area contributed by atoms with Crippen molar-refractivity contribution in [2.24, 2.45) is 13.0 Å². The van der Waals surface area contributed by atoms with Crippen molar-refractivity contribution in [1.29, 1.82) is 0 Å². The summed E-state index contributed by atoms with van der Waals surface area (Å²) in [7, 11) is 1.93. The largest absolute Gasteiger partial charge is 0.372 e. The quantitative estimate of drug-likeness (QED) is 0.257. The Hall–Kier alpha value is -4.55. The van der Waals surface area contributed by atoms with E-state index in [1.807, 2.05) is 17.9 Å². The molecule has 0 aliphatic carbocycles. The molecule has 250 valence electrons. The Morgan fingerprint density at radius 2 is 1.67 bits per heavy atom. The van der Waals surface area contributed by atoms with Gasteiger partial charge in [-0.3, -0.25) is 24.5 Å². The third-order valence-electron chi connectivity index (χ3n) is 10.6. The monoisotopic (exact) mass is 648 g/mol. The van der Waals surface area contributed by atoms with E-state index in [4.69, 9.17) is 10.1 Å². The molecule has 3 saturated heterocycles. The Bertz CT molecular complexity index is 1810. The van der Waals surface area contributed by atoms with Crippen LogP contribution in [0.3, 0.4) is 0 Å². The molecule has 4 aliphatic rings. The first-order valence-corrected chi connectivity index (χ1v) is 17.4. The van der Waals surface area contributed by atoms with Crippen molar-refractivity contribution in [1.82, 2.24) is 35.3 Å². The molecule has 1 unspecified atom stereocenters. The molecule has 0 spiro atoms. The summed E-state index contributed by atoms with van der Waals surface area (Å²) in [6.07, 6.45) is 6.23. The number of aryl methyl sites for hydroxylation is 1. The van der Waals surface area contributed by atoms with Crippen LogP contribution in [0.4, 0.5) is 23.0 Å². The predicted octanol–water partition coefficient (Wildman–Crippen LogP) is 3.31. The van der Waals surface area contributed by atoms with Crippen molar-refractivity contribution in [3.63, 3.8) is 0 Å². The number of hydrogen-bond acceptors (Lipinski definition) is 10. The number of imide groups is 1. The predicted molar refractivity (Wildman–Crippen MR) is 187 cm³/mol. The lowest BCUT2D eigenvalue weighted by Gasteiger charge is -2.40. The zero-order valence-corrected chi connectivity index (χ0v) is 27.6. The molecule has 1 atom stereocenters. The number of amides is 2. The van der Waals surface area contributed by atoms with E-state index in [2.05, 4.69) is 78.1 Å². The summed E-state index contributed by atoms with van der Waals surface area (Å²) in [5, 5.41) is 14.9. The third kappa shape index (κ3) is 6.34. The van der Waals surface area contributed by atoms with Crippen LogP contribution in [0.5, 0.6) is 0 Å². The van der Waals surface area contributed by atoms with Crippen molar-refractivity contribution in [3.05, 3.63) is 65.6 Å². The summed E-state index contributed by atoms with van der Waals surface area (Å²) < 4.78 is 1.87. The minimum Gasteiger partial charge on any atom is -0.372 e. The van der Waals surface area contributed by atoms with E-state index in [-0.39, 0.29) is 17.7 Å². The number of benzene rings is 2. The van der Waals surface area contributed by atoms with E-state index in [0.29, 0.717) is 18.8 Å². The number of nitrogens with zero attached hydrogens (tertiary/aromatic N) is 7. The second kappa shape index (κ2) is 13.2. The van der Waals surface area contributed by atoms with Crippen LogP contribution in [0.1, 0.15) is 48.6 Å². The fourth-order valence-electron chi connectivity index (χ4n) is 7.79. The average Bonchev–Trinajstić information content (AvgIpc) is 3.44. The normalized spacial score (nSPS) is 21.0. The first kappa shape index (κ1) is 30.8. The molecule has 3 fully saturated rings. The van der Waals surface area contributed by atoms with Gasteiger partial charge in [-0.1, -0.05) is 0 Å². The Balaban J connectivity index is 0.811. The first-order valence-electron chi connectivity index (χ1n) is 17.4. The summed E-state index contributed by atoms with van der Waals surface area (Å²) in [5.74, 6) is 0.556. The fourth-order valence-corrected chi connectivity index (χ4v) is 7.79. The van der Waals surface area contributed by atoms with Gasteiger partial charge in [0.1, 0.15) is 0 Å². The average molecular weight is 649 g/mol. The van der Waals surface area contributed by atoms with Gasteiger partial charge in [0.2, 0.25) is 17.8 Å². The topological polar surface area (TPSA) is 124 Å². The van der Waals surface area contributed by atoms with Crippen molar-refractivity contribution >= 4 is 45.7 Å². The molecule has 6 heterocycles. The second-order valence-corrected chi connectivity index (χ2v) is 13.7. The maximum absolute atomic E-state index is 12.5. The number of carbonyl (C=O) groups is 2. The van der Waals surface area contributed by atoms with Crippen molar-refractivity contribution in [2.45, 2.75) is 44.6 Å². The van der Waals surface area contributed by atoms with Crippen LogP contribution in [-0.2, 0) is 29.6 Å². The van der Waals surface area contributed by atoms with Gasteiger partial charge in [0.05, 0.1) is 22.8 Å². The third-order valence-corrected chi connectivity index (χ3v) is 10.6. The van der Waals surface area contributed by atoms with Crippen LogP contribution in [0.2, 0.25) is 0 Å². The van der Waals surface area contributed by atoms with Crippen molar-refractivity contribution in [3.8, 4) is 0 Å². The molecule has 0 saturated carbocycles. The van der Waals surface area contributed by atoms with Gasteiger partial charge in [-0.2, -0.15) is 5.10 Å². The molecule has 2 aromatic heterocycles. The Labute approximate surface area is 280 Å². The Kier molecular flexibility index (Phi) is 8.43. The smallest absolute Gasteiger partial charge is 0.235 e. The molecule has 4 aromatic rings. The molecule has 0 bridgehead atoms. The van der Waals surface area contributed by atoms with Crippen molar-refractivity contribution in [2.75, 3.05) is 67.5 Å². The van der Waals surface area contributed by atoms with E-state index in [1.54, 1.807) is 0 Å². The molecule has 2 aromatic carbocycles. The van der Waals surface area contributed by atoms with Crippen LogP contribution in [0.25, 0.3) is 10.9 Å². The number of aromatic nitrogens is 4. The highest BCUT2D eigenvalue weighted by Crippen LogP contribution is 2.33. The molecular formula is C36H44N10O2. The van der Waals surface area contributed by atoms with Gasteiger partial charge in [0, 0.05) is 94.5 Å². The van der Waals surface area contributed by atoms with Gasteiger partial charge >= 0.3 is 0 Å². The van der Waals surface area contributed by atoms with Gasteiger partial charge in [0.25, 0.3) is 0 Å². The van der Waals surface area contributed by atoms with E-state index >= 15 is 0 Å². The zero-order valence-electron chi connectivity index (χ0n) is 27.6. The summed E-state index contributed by atoms with van der Waals surface area (Å²) >= 11 is 0. The minimum atomic E-state index is -0.380. The van der Waals surface area contributed by atoms with E-state index < -0.39 is 0 Å². The Morgan fingerprint density at radius 1 is 0.896 bits per heavy atom. The summed E-state index contributed by atoms with van der Waals surface area (Å²) in [4.78, 5) is 41.0. The van der Waals surface area contributed by atoms with Crippen molar-refractivity contribution < 1.29 is 9.59 Å². The molecule has 3 N–H and O–H groups in total. The molecule has 4 aliphatic heterocycles. The number of nitrogens with one attached hydrogen (secondary N) is 3. The van der Waals surface area contributed by atoms with Gasteiger partial charge in [-0.15, -0.1) is 0 Å². The minimum absolute atomic E-state index is 0.200. The lowest BCUT2D eigenvalue weighted by molar-refractivity contribution is -0.134. The number of anilines is 4. The zero-order chi connectivity index (χ0) is 32.6. The van der Waals surface area contributed by atoms with Crippen LogP contribution in [0.15, 0.2) is 48.7 Å². The maximum atomic E-state index is 12.5. The summed E-state index contributed by atoms with van der Waals surface area (Å²) in [6.45, 7) is 9.24. The molecule has 12 heteroatoms. The molecule has 8 rings (SSSR count). The molecule has 48 heavy (non-hydrogen) atoms. The highest BCUT2D eigenvalue weighted by Gasteiger charge is 2.32. The van der Waals surface area contributed by atoms with Crippen LogP contribution in [-0.4, -0.2) is 88.8 Å². The number of carbonyl (C=O) groups excluding carboxylic acids is 2. The van der Waals surface area contributed by atoms with Gasteiger partial charge < -0.3 is 20.4 Å². The van der Waals surface area contributed by atoms with E-state index in [0.717, 1.165) is 99.2 Å². The summed E-state index contributed by atoms with van der Waals surface area (Å²) in [5.41, 5.74) is 7.60. The molecular weight excluding hydrogens is 604 g/mol. The lowest BCUT2D eigenvalue weighted by Crippen LogP contribution is -2.49. The van der Waals surface area contributed by atoms with E-state index in [9.17, 15) is 9.59 Å². The standard InChI is InChI=1S/C36H44N10O2/c1-43-32-20-28(6-7-29(32)34(42-43)30-8-9-33(47)41-35(30)48)46-18-16-44(17-19-46)23-24-11-14-45(15-12-24)27-4-2-26(3-5-27)39-36-38-21-25-10-13-37-22-31(25)40-36/h2-7,20-21,24,30,37H,8-19,22-23H2,1H3,(H,38,39,40)(H,41,47,48). The number of piperidine rings is 2. The van der Waals surface area contributed by atoms with Gasteiger partial charge in [-0.05, 0) is 86.2 Å². The van der Waals surface area contributed by atoms with Crippen LogP contribution >= 0.6 is 0 Å². The first-order chi connectivity index (χ1) is 23.5.